The third-order valence-electron chi connectivity index (χ3n) is 1.65. The van der Waals surface area contributed by atoms with E-state index in [0.29, 0.717) is 12.6 Å². The van der Waals surface area contributed by atoms with Crippen LogP contribution in [0.2, 0.25) is 0 Å². The number of nitrogens with two attached hydrogens (primary N) is 1. The van der Waals surface area contributed by atoms with Crippen LogP contribution >= 0.6 is 0 Å². The van der Waals surface area contributed by atoms with Crippen molar-refractivity contribution in [1.29, 1.82) is 0 Å². The fourth-order valence-corrected chi connectivity index (χ4v) is 0.939. The fourth-order valence-electron chi connectivity index (χ4n) is 0.939. The molecule has 0 fully saturated rings. The van der Waals surface area contributed by atoms with Crippen molar-refractivity contribution >= 4 is 0 Å². The van der Waals surface area contributed by atoms with E-state index in [-0.39, 0.29) is 0 Å². The highest BCUT2D eigenvalue weighted by Gasteiger charge is 1.99. The largest absolute Gasteiger partial charge is 0.335 e. The Balaban J connectivity index is 2.66. The molecule has 0 saturated carbocycles. The highest BCUT2D eigenvalue weighted by Crippen LogP contribution is 2.04. The first-order valence-corrected chi connectivity index (χ1v) is 3.96. The first-order chi connectivity index (χ1) is 5.24. The lowest BCUT2D eigenvalue weighted by molar-refractivity contribution is 0.599. The summed E-state index contributed by atoms with van der Waals surface area (Å²) in [4.78, 5) is 4.21. The van der Waals surface area contributed by atoms with Crippen LogP contribution in [0.1, 0.15) is 25.6 Å². The van der Waals surface area contributed by atoms with Gasteiger partial charge in [-0.1, -0.05) is 0 Å². The topological polar surface area (TPSA) is 43.8 Å². The first kappa shape index (κ1) is 8.27. The van der Waals surface area contributed by atoms with Gasteiger partial charge in [-0.2, -0.15) is 0 Å². The maximum Gasteiger partial charge on any atom is 0.0951 e. The van der Waals surface area contributed by atoms with Crippen LogP contribution in [0.15, 0.2) is 12.5 Å². The molecule has 0 radical (unpaired) electrons. The molecule has 62 valence electrons. The lowest BCUT2D eigenvalue weighted by Gasteiger charge is -2.03. The minimum Gasteiger partial charge on any atom is -0.335 e. The predicted molar refractivity (Wildman–Crippen MR) is 45.4 cm³/mol. The Hall–Kier alpha value is -0.830. The summed E-state index contributed by atoms with van der Waals surface area (Å²) in [6, 6.07) is 0.494. The molecule has 0 aromatic carbocycles. The quantitative estimate of drug-likeness (QED) is 0.703. The van der Waals surface area contributed by atoms with E-state index < -0.39 is 0 Å². The number of aromatic nitrogens is 2. The van der Waals surface area contributed by atoms with E-state index in [1.807, 2.05) is 6.33 Å². The second-order valence-corrected chi connectivity index (χ2v) is 2.94. The molecular formula is C8H15N3. The highest BCUT2D eigenvalue weighted by molar-refractivity contribution is 4.97. The van der Waals surface area contributed by atoms with E-state index in [2.05, 4.69) is 29.6 Å². The minimum atomic E-state index is 0.494. The lowest BCUT2D eigenvalue weighted by Crippen LogP contribution is -2.03. The second kappa shape index (κ2) is 3.53. The van der Waals surface area contributed by atoms with Crippen LogP contribution in [-0.2, 0) is 6.42 Å². The molecule has 1 heterocycles. The Labute approximate surface area is 67.2 Å². The van der Waals surface area contributed by atoms with Crippen LogP contribution in [0.5, 0.6) is 0 Å². The number of nitrogens with zero attached hydrogens (tertiary/aromatic N) is 2. The maximum absolute atomic E-state index is 5.40. The number of hydrogen-bond donors (Lipinski definition) is 1. The summed E-state index contributed by atoms with van der Waals surface area (Å²) in [6.45, 7) is 4.94. The van der Waals surface area contributed by atoms with Gasteiger partial charge in [-0.15, -0.1) is 0 Å². The summed E-state index contributed by atoms with van der Waals surface area (Å²) >= 11 is 0. The molecule has 3 heteroatoms. The summed E-state index contributed by atoms with van der Waals surface area (Å²) in [6.07, 6.45) is 4.78. The molecule has 0 atom stereocenters. The van der Waals surface area contributed by atoms with E-state index in [9.17, 15) is 0 Å². The summed E-state index contributed by atoms with van der Waals surface area (Å²) < 4.78 is 2.09. The van der Waals surface area contributed by atoms with Gasteiger partial charge >= 0.3 is 0 Å². The third kappa shape index (κ3) is 2.05. The van der Waals surface area contributed by atoms with E-state index in [1.165, 1.54) is 0 Å². The van der Waals surface area contributed by atoms with E-state index in [0.717, 1.165) is 12.1 Å². The van der Waals surface area contributed by atoms with Gasteiger partial charge in [0.2, 0.25) is 0 Å². The molecule has 0 aliphatic rings. The van der Waals surface area contributed by atoms with Crippen LogP contribution in [-0.4, -0.2) is 16.1 Å². The Morgan fingerprint density at radius 2 is 2.36 bits per heavy atom. The van der Waals surface area contributed by atoms with Crippen molar-refractivity contribution in [3.05, 3.63) is 18.2 Å². The monoisotopic (exact) mass is 153 g/mol. The summed E-state index contributed by atoms with van der Waals surface area (Å²) in [5.74, 6) is 0. The average molecular weight is 153 g/mol. The number of hydrogen-bond acceptors (Lipinski definition) is 2. The zero-order valence-corrected chi connectivity index (χ0v) is 7.12. The normalized spacial score (nSPS) is 10.9. The van der Waals surface area contributed by atoms with Gasteiger partial charge in [-0.3, -0.25) is 0 Å². The van der Waals surface area contributed by atoms with Crippen LogP contribution in [0.4, 0.5) is 0 Å². The molecule has 1 rings (SSSR count). The van der Waals surface area contributed by atoms with Crippen LogP contribution < -0.4 is 5.73 Å². The van der Waals surface area contributed by atoms with E-state index in [4.69, 9.17) is 5.73 Å². The molecule has 3 nitrogen and oxygen atoms in total. The molecule has 0 aliphatic heterocycles. The Bertz CT molecular complexity index is 215. The predicted octanol–water partition coefficient (Wildman–Crippen LogP) is 0.965. The van der Waals surface area contributed by atoms with Gasteiger partial charge < -0.3 is 10.3 Å². The van der Waals surface area contributed by atoms with Gasteiger partial charge in [-0.25, -0.2) is 4.98 Å². The molecule has 11 heavy (non-hydrogen) atoms. The Morgan fingerprint density at radius 3 is 2.82 bits per heavy atom. The zero-order valence-electron chi connectivity index (χ0n) is 7.12. The SMILES string of the molecule is CC(C)n1cnc(CCN)c1. The highest BCUT2D eigenvalue weighted by atomic mass is 15.0. The molecule has 0 unspecified atom stereocenters. The second-order valence-electron chi connectivity index (χ2n) is 2.94. The molecule has 0 saturated heterocycles. The summed E-state index contributed by atoms with van der Waals surface area (Å²) in [5, 5.41) is 0. The van der Waals surface area contributed by atoms with Gasteiger partial charge in [0.05, 0.1) is 12.0 Å². The molecule has 0 aliphatic carbocycles. The van der Waals surface area contributed by atoms with Crippen molar-refractivity contribution in [1.82, 2.24) is 9.55 Å². The van der Waals surface area contributed by atoms with Crippen molar-refractivity contribution in [2.45, 2.75) is 26.3 Å². The van der Waals surface area contributed by atoms with E-state index in [1.54, 1.807) is 0 Å². The van der Waals surface area contributed by atoms with Gasteiger partial charge in [0, 0.05) is 18.7 Å². The van der Waals surface area contributed by atoms with Crippen molar-refractivity contribution in [2.24, 2.45) is 5.73 Å². The van der Waals surface area contributed by atoms with Gasteiger partial charge in [-0.05, 0) is 20.4 Å². The van der Waals surface area contributed by atoms with Crippen molar-refractivity contribution in [2.75, 3.05) is 6.54 Å². The molecular weight excluding hydrogens is 138 g/mol. The van der Waals surface area contributed by atoms with Gasteiger partial charge in [0.1, 0.15) is 0 Å². The molecule has 1 aromatic heterocycles. The van der Waals surface area contributed by atoms with Crippen molar-refractivity contribution in [3.8, 4) is 0 Å². The maximum atomic E-state index is 5.40. The summed E-state index contributed by atoms with van der Waals surface area (Å²) in [7, 11) is 0. The Kier molecular flexibility index (Phi) is 2.65. The average Bonchev–Trinajstić information content (AvgIpc) is 2.37. The van der Waals surface area contributed by atoms with Crippen LogP contribution in [0, 0.1) is 0 Å². The van der Waals surface area contributed by atoms with Crippen molar-refractivity contribution in [3.63, 3.8) is 0 Å². The molecule has 2 N–H and O–H groups in total. The molecule has 0 spiro atoms. The Morgan fingerprint density at radius 1 is 1.64 bits per heavy atom. The van der Waals surface area contributed by atoms with Gasteiger partial charge in [0.25, 0.3) is 0 Å². The smallest absolute Gasteiger partial charge is 0.0951 e. The van der Waals surface area contributed by atoms with E-state index >= 15 is 0 Å². The summed E-state index contributed by atoms with van der Waals surface area (Å²) in [5.41, 5.74) is 6.48. The number of rotatable bonds is 3. The molecule has 0 bridgehead atoms. The zero-order chi connectivity index (χ0) is 8.27. The standard InChI is InChI=1S/C8H15N3/c1-7(2)11-5-8(3-4-9)10-6-11/h5-7H,3-4,9H2,1-2H3. The molecule has 1 aromatic rings. The van der Waals surface area contributed by atoms with Gasteiger partial charge in [0.15, 0.2) is 0 Å². The number of imidazole rings is 1. The molecule has 0 amide bonds. The first-order valence-electron chi connectivity index (χ1n) is 3.96. The lowest BCUT2D eigenvalue weighted by atomic mass is 10.3. The van der Waals surface area contributed by atoms with Crippen LogP contribution in [0.3, 0.4) is 0 Å². The third-order valence-corrected chi connectivity index (χ3v) is 1.65. The minimum absolute atomic E-state index is 0.494. The fraction of sp³-hybridized carbons (Fsp3) is 0.625. The van der Waals surface area contributed by atoms with Crippen LogP contribution in [0.25, 0.3) is 0 Å². The van der Waals surface area contributed by atoms with Crippen molar-refractivity contribution < 1.29 is 0 Å².